The Balaban J connectivity index is 1.80. The summed E-state index contributed by atoms with van der Waals surface area (Å²) in [5, 5.41) is 1.02. The van der Waals surface area contributed by atoms with Crippen molar-refractivity contribution in [3.8, 4) is 11.9 Å². The highest BCUT2D eigenvalue weighted by atomic mass is 16.6. The monoisotopic (exact) mass is 387 g/mol. The van der Waals surface area contributed by atoms with Crippen molar-refractivity contribution in [1.82, 2.24) is 0 Å². The SMILES string of the molecule is Cc1ccc2c3c(oc2c1)Oc1occc1N3c1c(C)cc(C(C)(C)C)cc1C. The van der Waals surface area contributed by atoms with Crippen LogP contribution >= 0.6 is 0 Å². The fourth-order valence-electron chi connectivity index (χ4n) is 4.16. The van der Waals surface area contributed by atoms with E-state index in [2.05, 4.69) is 70.7 Å². The molecule has 0 amide bonds. The number of anilines is 3. The zero-order chi connectivity index (χ0) is 20.5. The summed E-state index contributed by atoms with van der Waals surface area (Å²) in [7, 11) is 0. The lowest BCUT2D eigenvalue weighted by Crippen LogP contribution is -2.18. The van der Waals surface area contributed by atoms with Crippen LogP contribution in [0.1, 0.15) is 43.0 Å². The van der Waals surface area contributed by atoms with Crippen LogP contribution in [-0.4, -0.2) is 0 Å². The van der Waals surface area contributed by atoms with Crippen molar-refractivity contribution >= 4 is 28.0 Å². The first-order valence-corrected chi connectivity index (χ1v) is 9.94. The molecule has 4 heteroatoms. The van der Waals surface area contributed by atoms with Crippen LogP contribution in [0.15, 0.2) is 51.5 Å². The summed E-state index contributed by atoms with van der Waals surface area (Å²) in [6.07, 6.45) is 1.66. The molecule has 5 rings (SSSR count). The standard InChI is InChI=1S/C25H25NO3/c1-14-7-8-18-20(11-14)28-24-22(18)26(19-9-10-27-23(19)29-24)21-15(2)12-17(13-16(21)3)25(4,5)6/h7-13H,1-6H3. The van der Waals surface area contributed by atoms with Gasteiger partial charge in [-0.2, -0.15) is 0 Å². The lowest BCUT2D eigenvalue weighted by atomic mass is 9.84. The van der Waals surface area contributed by atoms with Crippen LogP contribution in [0.4, 0.5) is 17.1 Å². The smallest absolute Gasteiger partial charge is 0.318 e. The molecule has 0 saturated heterocycles. The molecule has 29 heavy (non-hydrogen) atoms. The minimum atomic E-state index is 0.0882. The highest BCUT2D eigenvalue weighted by Crippen LogP contribution is 2.56. The lowest BCUT2D eigenvalue weighted by molar-refractivity contribution is 0.285. The topological polar surface area (TPSA) is 38.8 Å². The third kappa shape index (κ3) is 2.66. The number of furan rings is 2. The molecule has 0 fully saturated rings. The molecule has 0 radical (unpaired) electrons. The lowest BCUT2D eigenvalue weighted by Gasteiger charge is -2.31. The van der Waals surface area contributed by atoms with Gasteiger partial charge in [-0.1, -0.05) is 39.0 Å². The first-order chi connectivity index (χ1) is 13.7. The van der Waals surface area contributed by atoms with Gasteiger partial charge in [0.15, 0.2) is 0 Å². The largest absolute Gasteiger partial charge is 0.432 e. The van der Waals surface area contributed by atoms with Crippen LogP contribution in [0.3, 0.4) is 0 Å². The normalized spacial score (nSPS) is 13.4. The summed E-state index contributed by atoms with van der Waals surface area (Å²) < 4.78 is 17.7. The molecule has 3 heterocycles. The summed E-state index contributed by atoms with van der Waals surface area (Å²) in [6, 6.07) is 12.8. The average molecular weight is 387 g/mol. The maximum Gasteiger partial charge on any atom is 0.318 e. The van der Waals surface area contributed by atoms with Crippen LogP contribution in [0.25, 0.3) is 11.0 Å². The second-order valence-corrected chi connectivity index (χ2v) is 8.98. The second-order valence-electron chi connectivity index (χ2n) is 8.98. The average Bonchev–Trinajstić information content (AvgIpc) is 3.22. The Bertz CT molecular complexity index is 1230. The van der Waals surface area contributed by atoms with E-state index >= 15 is 0 Å². The number of benzene rings is 2. The third-order valence-electron chi connectivity index (χ3n) is 5.63. The summed E-state index contributed by atoms with van der Waals surface area (Å²) in [5.74, 6) is 0.915. The number of hydrogen-bond donors (Lipinski definition) is 0. The summed E-state index contributed by atoms with van der Waals surface area (Å²) >= 11 is 0. The molecule has 0 aliphatic carbocycles. The Hall–Kier alpha value is -3.14. The zero-order valence-electron chi connectivity index (χ0n) is 17.7. The van der Waals surface area contributed by atoms with E-state index in [9.17, 15) is 0 Å². The number of aryl methyl sites for hydroxylation is 3. The molecule has 148 valence electrons. The van der Waals surface area contributed by atoms with Crippen molar-refractivity contribution < 1.29 is 13.6 Å². The maximum absolute atomic E-state index is 6.08. The summed E-state index contributed by atoms with van der Waals surface area (Å²) in [4.78, 5) is 2.22. The number of fused-ring (bicyclic) bond motifs is 4. The Labute approximate surface area is 170 Å². The van der Waals surface area contributed by atoms with E-state index in [4.69, 9.17) is 13.6 Å². The van der Waals surface area contributed by atoms with Gasteiger partial charge in [0.05, 0.1) is 12.0 Å². The van der Waals surface area contributed by atoms with E-state index in [0.717, 1.165) is 33.6 Å². The van der Waals surface area contributed by atoms with Crippen molar-refractivity contribution in [3.63, 3.8) is 0 Å². The molecule has 0 unspecified atom stereocenters. The van der Waals surface area contributed by atoms with Gasteiger partial charge in [-0.25, -0.2) is 0 Å². The van der Waals surface area contributed by atoms with E-state index in [-0.39, 0.29) is 5.41 Å². The van der Waals surface area contributed by atoms with Crippen LogP contribution in [0.5, 0.6) is 11.9 Å². The highest BCUT2D eigenvalue weighted by Gasteiger charge is 2.35. The number of nitrogens with zero attached hydrogens (tertiary/aromatic N) is 1. The van der Waals surface area contributed by atoms with Gasteiger partial charge >= 0.3 is 11.9 Å². The zero-order valence-corrected chi connectivity index (χ0v) is 17.7. The van der Waals surface area contributed by atoms with Crippen molar-refractivity contribution in [3.05, 3.63) is 64.9 Å². The van der Waals surface area contributed by atoms with Gasteiger partial charge in [-0.05, 0) is 60.6 Å². The van der Waals surface area contributed by atoms with Crippen LogP contribution in [0, 0.1) is 20.8 Å². The van der Waals surface area contributed by atoms with Crippen molar-refractivity contribution in [2.75, 3.05) is 4.90 Å². The second kappa shape index (κ2) is 5.93. The summed E-state index contributed by atoms with van der Waals surface area (Å²) in [6.45, 7) is 13.1. The molecular weight excluding hydrogens is 362 g/mol. The fraction of sp³-hybridized carbons (Fsp3) is 0.280. The Morgan fingerprint density at radius 1 is 0.828 bits per heavy atom. The third-order valence-corrected chi connectivity index (χ3v) is 5.63. The van der Waals surface area contributed by atoms with E-state index in [1.165, 1.54) is 16.7 Å². The predicted molar refractivity (Wildman–Crippen MR) is 116 cm³/mol. The summed E-state index contributed by atoms with van der Waals surface area (Å²) in [5.41, 5.74) is 8.72. The molecule has 1 aliphatic rings. The van der Waals surface area contributed by atoms with E-state index in [1.54, 1.807) is 6.26 Å². The molecule has 0 atom stereocenters. The first-order valence-electron chi connectivity index (χ1n) is 9.94. The van der Waals surface area contributed by atoms with Crippen LogP contribution in [-0.2, 0) is 5.41 Å². The van der Waals surface area contributed by atoms with Gasteiger partial charge < -0.3 is 13.6 Å². The van der Waals surface area contributed by atoms with E-state index in [0.29, 0.717) is 11.9 Å². The number of hydrogen-bond acceptors (Lipinski definition) is 4. The molecule has 0 N–H and O–H groups in total. The molecule has 4 aromatic rings. The Morgan fingerprint density at radius 3 is 2.24 bits per heavy atom. The molecule has 0 spiro atoms. The minimum Gasteiger partial charge on any atom is -0.432 e. The van der Waals surface area contributed by atoms with Crippen molar-refractivity contribution in [1.29, 1.82) is 0 Å². The molecule has 1 aliphatic heterocycles. The van der Waals surface area contributed by atoms with E-state index in [1.807, 2.05) is 12.1 Å². The van der Waals surface area contributed by atoms with Gasteiger partial charge in [0.25, 0.3) is 0 Å². The highest BCUT2D eigenvalue weighted by molar-refractivity contribution is 6.02. The first kappa shape index (κ1) is 17.9. The molecule has 0 saturated carbocycles. The van der Waals surface area contributed by atoms with Crippen LogP contribution < -0.4 is 9.64 Å². The van der Waals surface area contributed by atoms with Gasteiger partial charge in [0.2, 0.25) is 0 Å². The van der Waals surface area contributed by atoms with E-state index < -0.39 is 0 Å². The maximum atomic E-state index is 6.08. The molecule has 2 aromatic heterocycles. The van der Waals surface area contributed by atoms with Crippen LogP contribution in [0.2, 0.25) is 0 Å². The number of ether oxygens (including phenoxy) is 1. The molecule has 0 bridgehead atoms. The van der Waals surface area contributed by atoms with Crippen molar-refractivity contribution in [2.45, 2.75) is 47.0 Å². The van der Waals surface area contributed by atoms with Gasteiger partial charge in [-0.3, -0.25) is 4.90 Å². The van der Waals surface area contributed by atoms with Gasteiger partial charge in [0.1, 0.15) is 17.0 Å². The predicted octanol–water partition coefficient (Wildman–Crippen LogP) is 7.82. The Kier molecular flexibility index (Phi) is 3.66. The minimum absolute atomic E-state index is 0.0882. The molecule has 2 aromatic carbocycles. The fourth-order valence-corrected chi connectivity index (χ4v) is 4.16. The van der Waals surface area contributed by atoms with Crippen molar-refractivity contribution in [2.24, 2.45) is 0 Å². The van der Waals surface area contributed by atoms with Gasteiger partial charge in [0, 0.05) is 11.5 Å². The Morgan fingerprint density at radius 2 is 1.55 bits per heavy atom. The molecular formula is C25H25NO3. The molecule has 4 nitrogen and oxygen atoms in total. The quantitative estimate of drug-likeness (QED) is 0.294. The van der Waals surface area contributed by atoms with Gasteiger partial charge in [-0.15, -0.1) is 0 Å². The number of rotatable bonds is 1.